The van der Waals surface area contributed by atoms with E-state index in [4.69, 9.17) is 4.74 Å². The van der Waals surface area contributed by atoms with Gasteiger partial charge in [0.1, 0.15) is 17.8 Å². The van der Waals surface area contributed by atoms with Gasteiger partial charge in [0, 0.05) is 39.6 Å². The number of guanidine groups is 1. The molecule has 1 aliphatic rings. The number of amides is 1. The van der Waals surface area contributed by atoms with Crippen molar-refractivity contribution in [1.29, 1.82) is 0 Å². The molecule has 2 atom stereocenters. The molecular formula is C18H34IN7O2. The van der Waals surface area contributed by atoms with Gasteiger partial charge in [-0.2, -0.15) is 5.10 Å². The van der Waals surface area contributed by atoms with Crippen molar-refractivity contribution in [2.75, 3.05) is 27.2 Å². The molecule has 9 nitrogen and oxygen atoms in total. The number of aryl methyl sites for hydroxylation is 1. The van der Waals surface area contributed by atoms with Crippen molar-refractivity contribution in [3.63, 3.8) is 0 Å². The molecule has 10 heteroatoms. The molecule has 1 aromatic heterocycles. The lowest BCUT2D eigenvalue weighted by atomic mass is 10.1. The lowest BCUT2D eigenvalue weighted by Crippen LogP contribution is -2.48. The molecule has 1 aromatic rings. The highest BCUT2D eigenvalue weighted by atomic mass is 127. The Morgan fingerprint density at radius 2 is 2.21 bits per heavy atom. The summed E-state index contributed by atoms with van der Waals surface area (Å²) in [6.45, 7) is 9.78. The van der Waals surface area contributed by atoms with Crippen LogP contribution in [0.3, 0.4) is 0 Å². The minimum Gasteiger partial charge on any atom is -0.444 e. The maximum absolute atomic E-state index is 12.1. The van der Waals surface area contributed by atoms with Gasteiger partial charge in [-0.05, 0) is 33.1 Å². The van der Waals surface area contributed by atoms with Crippen LogP contribution >= 0.6 is 24.0 Å². The van der Waals surface area contributed by atoms with Gasteiger partial charge in [0.15, 0.2) is 5.96 Å². The van der Waals surface area contributed by atoms with Crippen LogP contribution in [0.1, 0.15) is 39.9 Å². The van der Waals surface area contributed by atoms with Crippen molar-refractivity contribution < 1.29 is 9.53 Å². The largest absolute Gasteiger partial charge is 0.444 e. The fraction of sp³-hybridized carbons (Fsp3) is 0.778. The first kappa shape index (κ1) is 24.4. The molecule has 28 heavy (non-hydrogen) atoms. The van der Waals surface area contributed by atoms with Crippen LogP contribution in [-0.2, 0) is 17.7 Å². The number of carbonyl (C=O) groups is 1. The molecule has 0 radical (unpaired) electrons. The first-order chi connectivity index (χ1) is 12.7. The second-order valence-corrected chi connectivity index (χ2v) is 8.16. The summed E-state index contributed by atoms with van der Waals surface area (Å²) in [5.41, 5.74) is -0.483. The van der Waals surface area contributed by atoms with Crippen LogP contribution in [0.15, 0.2) is 11.3 Å². The predicted octanol–water partition coefficient (Wildman–Crippen LogP) is 1.88. The summed E-state index contributed by atoms with van der Waals surface area (Å²) in [4.78, 5) is 22.2. The van der Waals surface area contributed by atoms with E-state index in [1.54, 1.807) is 25.3 Å². The third kappa shape index (κ3) is 7.80. The molecule has 160 valence electrons. The summed E-state index contributed by atoms with van der Waals surface area (Å²) in [5, 5.41) is 11.0. The molecule has 0 bridgehead atoms. The number of nitrogens with zero attached hydrogens (tertiary/aromatic N) is 5. The number of ether oxygens (including phenoxy) is 1. The van der Waals surface area contributed by atoms with Gasteiger partial charge in [0.05, 0.1) is 6.54 Å². The number of carbonyl (C=O) groups excluding carboxylic acids is 1. The highest BCUT2D eigenvalue weighted by Gasteiger charge is 2.22. The maximum atomic E-state index is 12.1. The van der Waals surface area contributed by atoms with E-state index >= 15 is 0 Å². The van der Waals surface area contributed by atoms with Gasteiger partial charge in [-0.25, -0.2) is 14.5 Å². The topological polar surface area (TPSA) is 96.7 Å². The zero-order chi connectivity index (χ0) is 20.0. The molecule has 0 aliphatic carbocycles. The number of halogens is 1. The molecule has 0 spiro atoms. The van der Waals surface area contributed by atoms with Crippen LogP contribution in [0.5, 0.6) is 0 Å². The summed E-state index contributed by atoms with van der Waals surface area (Å²) < 4.78 is 7.32. The van der Waals surface area contributed by atoms with Gasteiger partial charge < -0.3 is 20.3 Å². The first-order valence-electron chi connectivity index (χ1n) is 9.46. The molecular weight excluding hydrogens is 473 g/mol. The van der Waals surface area contributed by atoms with E-state index in [9.17, 15) is 4.79 Å². The van der Waals surface area contributed by atoms with Crippen LogP contribution in [-0.4, -0.2) is 70.5 Å². The Kier molecular flexibility index (Phi) is 9.45. The van der Waals surface area contributed by atoms with Gasteiger partial charge >= 0.3 is 6.09 Å². The number of aromatic nitrogens is 3. The fourth-order valence-corrected chi connectivity index (χ4v) is 2.96. The van der Waals surface area contributed by atoms with Crippen molar-refractivity contribution in [2.24, 2.45) is 10.9 Å². The number of rotatable bonds is 5. The standard InChI is InChI=1S/C18H33N7O2.HI/c1-13(10-24(6)17(26)27-18(2,3)4)9-20-16(19-5)23-14-7-8-15-21-12-22-25(15)11-14;/h12-14H,7-11H2,1-6H3,(H2,19,20,23);1H. The van der Waals surface area contributed by atoms with E-state index in [-0.39, 0.29) is 42.0 Å². The first-order valence-corrected chi connectivity index (χ1v) is 9.46. The van der Waals surface area contributed by atoms with Crippen LogP contribution in [0.4, 0.5) is 4.79 Å². The van der Waals surface area contributed by atoms with Crippen LogP contribution in [0, 0.1) is 5.92 Å². The van der Waals surface area contributed by atoms with E-state index in [1.165, 1.54) is 0 Å². The number of fused-ring (bicyclic) bond motifs is 1. The number of nitrogens with one attached hydrogen (secondary N) is 2. The van der Waals surface area contributed by atoms with Gasteiger partial charge in [0.2, 0.25) is 0 Å². The summed E-state index contributed by atoms with van der Waals surface area (Å²) in [6.07, 6.45) is 3.21. The summed E-state index contributed by atoms with van der Waals surface area (Å²) in [5.74, 6) is 2.04. The van der Waals surface area contributed by atoms with E-state index in [2.05, 4.69) is 32.6 Å². The minimum absolute atomic E-state index is 0. The predicted molar refractivity (Wildman–Crippen MR) is 120 cm³/mol. The highest BCUT2D eigenvalue weighted by Crippen LogP contribution is 2.12. The van der Waals surface area contributed by atoms with Gasteiger partial charge in [-0.15, -0.1) is 24.0 Å². The van der Waals surface area contributed by atoms with E-state index in [0.717, 1.165) is 31.2 Å². The lowest BCUT2D eigenvalue weighted by molar-refractivity contribution is 0.0278. The Bertz CT molecular complexity index is 657. The molecule has 1 aliphatic heterocycles. The zero-order valence-electron chi connectivity index (χ0n) is 17.7. The summed E-state index contributed by atoms with van der Waals surface area (Å²) in [6, 6.07) is 0.269. The molecule has 2 N–H and O–H groups in total. The monoisotopic (exact) mass is 507 g/mol. The number of hydrogen-bond donors (Lipinski definition) is 2. The quantitative estimate of drug-likeness (QED) is 0.359. The van der Waals surface area contributed by atoms with Crippen molar-refractivity contribution in [3.05, 3.63) is 12.2 Å². The minimum atomic E-state index is -0.483. The van der Waals surface area contributed by atoms with Crippen molar-refractivity contribution >= 4 is 36.0 Å². The lowest BCUT2D eigenvalue weighted by Gasteiger charge is -2.28. The molecule has 2 unspecified atom stereocenters. The Hall–Kier alpha value is -1.59. The van der Waals surface area contributed by atoms with Gasteiger partial charge in [0.25, 0.3) is 0 Å². The van der Waals surface area contributed by atoms with Gasteiger partial charge in [-0.1, -0.05) is 6.92 Å². The SMILES string of the molecule is CN=C(NCC(C)CN(C)C(=O)OC(C)(C)C)NC1CCc2ncnn2C1.I. The summed E-state index contributed by atoms with van der Waals surface area (Å²) in [7, 11) is 3.52. The molecule has 0 aromatic carbocycles. The molecule has 2 rings (SSSR count). The Morgan fingerprint density at radius 3 is 2.86 bits per heavy atom. The molecule has 0 fully saturated rings. The smallest absolute Gasteiger partial charge is 0.410 e. The van der Waals surface area contributed by atoms with E-state index in [1.807, 2.05) is 25.5 Å². The highest BCUT2D eigenvalue weighted by molar-refractivity contribution is 14.0. The second-order valence-electron chi connectivity index (χ2n) is 8.16. The van der Waals surface area contributed by atoms with Crippen LogP contribution in [0.25, 0.3) is 0 Å². The Labute approximate surface area is 184 Å². The fourth-order valence-electron chi connectivity index (χ4n) is 2.96. The van der Waals surface area contributed by atoms with E-state index in [0.29, 0.717) is 13.1 Å². The normalized spacial score (nSPS) is 17.8. The van der Waals surface area contributed by atoms with E-state index < -0.39 is 5.60 Å². The summed E-state index contributed by atoms with van der Waals surface area (Å²) >= 11 is 0. The third-order valence-electron chi connectivity index (χ3n) is 4.28. The van der Waals surface area contributed by atoms with Crippen molar-refractivity contribution in [1.82, 2.24) is 30.3 Å². The maximum Gasteiger partial charge on any atom is 0.410 e. The number of hydrogen-bond acceptors (Lipinski definition) is 5. The second kappa shape index (κ2) is 10.8. The van der Waals surface area contributed by atoms with Crippen LogP contribution < -0.4 is 10.6 Å². The zero-order valence-corrected chi connectivity index (χ0v) is 20.1. The molecule has 0 saturated heterocycles. The average molecular weight is 507 g/mol. The van der Waals surface area contributed by atoms with Crippen molar-refractivity contribution in [2.45, 2.75) is 58.7 Å². The van der Waals surface area contributed by atoms with Crippen molar-refractivity contribution in [3.8, 4) is 0 Å². The molecule has 0 saturated carbocycles. The molecule has 1 amide bonds. The molecule has 2 heterocycles. The number of aliphatic imine (C=N–C) groups is 1. The average Bonchev–Trinajstić information content (AvgIpc) is 3.04. The van der Waals surface area contributed by atoms with Crippen LogP contribution in [0.2, 0.25) is 0 Å². The van der Waals surface area contributed by atoms with Gasteiger partial charge in [-0.3, -0.25) is 4.99 Å². The third-order valence-corrected chi connectivity index (χ3v) is 4.28. The Balaban J connectivity index is 0.00000392. The Morgan fingerprint density at radius 1 is 1.50 bits per heavy atom.